The number of aryl methyl sites for hydroxylation is 1. The van der Waals surface area contributed by atoms with Gasteiger partial charge in [-0.25, -0.2) is 0 Å². The van der Waals surface area contributed by atoms with Gasteiger partial charge in [-0.05, 0) is 12.5 Å². The Hall–Kier alpha value is -1.05. The van der Waals surface area contributed by atoms with Crippen LogP contribution >= 0.6 is 0 Å². The fourth-order valence-corrected chi connectivity index (χ4v) is 2.20. The quantitative estimate of drug-likeness (QED) is 0.430. The molecule has 0 unspecified atom stereocenters. The monoisotopic (exact) mass is 249 g/mol. The van der Waals surface area contributed by atoms with E-state index in [0.717, 1.165) is 12.1 Å². The molecule has 0 radical (unpaired) electrons. The maximum absolute atomic E-state index is 11.5. The predicted octanol–water partition coefficient (Wildman–Crippen LogP) is 4.83. The van der Waals surface area contributed by atoms with Crippen molar-refractivity contribution in [3.05, 3.63) is 24.0 Å². The maximum atomic E-state index is 11.5. The van der Waals surface area contributed by atoms with Gasteiger partial charge < -0.3 is 4.57 Å². The van der Waals surface area contributed by atoms with Crippen molar-refractivity contribution in [3.8, 4) is 0 Å². The summed E-state index contributed by atoms with van der Waals surface area (Å²) in [5, 5.41) is 0. The molecule has 0 spiro atoms. The lowest BCUT2D eigenvalue weighted by atomic mass is 10.1. The summed E-state index contributed by atoms with van der Waals surface area (Å²) >= 11 is 0. The van der Waals surface area contributed by atoms with Gasteiger partial charge in [0.05, 0.1) is 0 Å². The van der Waals surface area contributed by atoms with Crippen molar-refractivity contribution in [2.45, 2.75) is 71.8 Å². The van der Waals surface area contributed by atoms with E-state index < -0.39 is 0 Å². The molecule has 0 saturated carbocycles. The SMILES string of the molecule is CCCCCCCCCn1ccc(C(=O)CC)c1. The Morgan fingerprint density at radius 3 is 2.39 bits per heavy atom. The first-order valence-corrected chi connectivity index (χ1v) is 7.47. The second kappa shape index (κ2) is 8.96. The second-order valence-electron chi connectivity index (χ2n) is 5.04. The standard InChI is InChI=1S/C16H27NO/c1-3-5-6-7-8-9-10-12-17-13-11-15(14-17)16(18)4-2/h11,13-14H,3-10,12H2,1-2H3. The van der Waals surface area contributed by atoms with Crippen LogP contribution in [0.5, 0.6) is 0 Å². The highest BCUT2D eigenvalue weighted by molar-refractivity contribution is 5.95. The van der Waals surface area contributed by atoms with Crippen LogP contribution < -0.4 is 0 Å². The van der Waals surface area contributed by atoms with Crippen molar-refractivity contribution in [2.24, 2.45) is 0 Å². The number of carbonyl (C=O) groups excluding carboxylic acids is 1. The zero-order valence-electron chi connectivity index (χ0n) is 12.0. The van der Waals surface area contributed by atoms with Gasteiger partial charge in [0.25, 0.3) is 0 Å². The molecule has 0 aliphatic rings. The molecule has 0 aliphatic heterocycles. The number of carbonyl (C=O) groups is 1. The molecule has 0 aliphatic carbocycles. The lowest BCUT2D eigenvalue weighted by Gasteiger charge is -2.03. The summed E-state index contributed by atoms with van der Waals surface area (Å²) in [7, 11) is 0. The summed E-state index contributed by atoms with van der Waals surface area (Å²) in [6.45, 7) is 5.21. The van der Waals surface area contributed by atoms with Crippen LogP contribution in [0.4, 0.5) is 0 Å². The van der Waals surface area contributed by atoms with Gasteiger partial charge in [0.1, 0.15) is 0 Å². The van der Waals surface area contributed by atoms with E-state index in [1.807, 2.05) is 25.4 Å². The zero-order valence-corrected chi connectivity index (χ0v) is 12.0. The Labute approximate surface area is 111 Å². The Bertz CT molecular complexity index is 341. The lowest BCUT2D eigenvalue weighted by Crippen LogP contribution is -1.97. The molecular weight excluding hydrogens is 222 g/mol. The topological polar surface area (TPSA) is 22.0 Å². The van der Waals surface area contributed by atoms with Gasteiger partial charge in [-0.2, -0.15) is 0 Å². The van der Waals surface area contributed by atoms with Gasteiger partial charge in [0.2, 0.25) is 0 Å². The largest absolute Gasteiger partial charge is 0.354 e. The summed E-state index contributed by atoms with van der Waals surface area (Å²) in [4.78, 5) is 11.5. The third kappa shape index (κ3) is 5.52. The molecule has 1 rings (SSSR count). The second-order valence-corrected chi connectivity index (χ2v) is 5.04. The number of aromatic nitrogens is 1. The first-order chi connectivity index (χ1) is 8.77. The maximum Gasteiger partial charge on any atom is 0.164 e. The molecule has 1 aromatic heterocycles. The third-order valence-electron chi connectivity index (χ3n) is 3.41. The predicted molar refractivity (Wildman–Crippen MR) is 77.0 cm³/mol. The van der Waals surface area contributed by atoms with E-state index in [2.05, 4.69) is 11.5 Å². The lowest BCUT2D eigenvalue weighted by molar-refractivity contribution is 0.0988. The molecule has 0 fully saturated rings. The zero-order chi connectivity index (χ0) is 13.2. The minimum atomic E-state index is 0.244. The molecule has 2 heteroatoms. The first kappa shape index (κ1) is 15.0. The van der Waals surface area contributed by atoms with E-state index >= 15 is 0 Å². The van der Waals surface area contributed by atoms with E-state index in [0.29, 0.717) is 6.42 Å². The minimum absolute atomic E-state index is 0.244. The molecule has 0 atom stereocenters. The van der Waals surface area contributed by atoms with Crippen LogP contribution in [0.3, 0.4) is 0 Å². The van der Waals surface area contributed by atoms with Crippen molar-refractivity contribution in [1.29, 1.82) is 0 Å². The van der Waals surface area contributed by atoms with Gasteiger partial charge in [0.15, 0.2) is 5.78 Å². The van der Waals surface area contributed by atoms with Crippen LogP contribution in [0.2, 0.25) is 0 Å². The third-order valence-corrected chi connectivity index (χ3v) is 3.41. The number of hydrogen-bond donors (Lipinski definition) is 0. The average molecular weight is 249 g/mol. The molecule has 18 heavy (non-hydrogen) atoms. The molecule has 0 saturated heterocycles. The molecular formula is C16H27NO. The van der Waals surface area contributed by atoms with Crippen LogP contribution in [-0.4, -0.2) is 10.4 Å². The minimum Gasteiger partial charge on any atom is -0.354 e. The smallest absolute Gasteiger partial charge is 0.164 e. The van der Waals surface area contributed by atoms with E-state index in [9.17, 15) is 4.79 Å². The Kier molecular flexibility index (Phi) is 7.47. The number of Topliss-reactive ketones (excluding diaryl/α,β-unsaturated/α-hetero) is 1. The number of ketones is 1. The summed E-state index contributed by atoms with van der Waals surface area (Å²) in [5.41, 5.74) is 0.862. The highest BCUT2D eigenvalue weighted by Gasteiger charge is 2.04. The van der Waals surface area contributed by atoms with Gasteiger partial charge in [-0.15, -0.1) is 0 Å². The van der Waals surface area contributed by atoms with Crippen LogP contribution in [0.1, 0.15) is 75.6 Å². The fraction of sp³-hybridized carbons (Fsp3) is 0.688. The van der Waals surface area contributed by atoms with Crippen LogP contribution in [0.25, 0.3) is 0 Å². The Morgan fingerprint density at radius 2 is 1.72 bits per heavy atom. The van der Waals surface area contributed by atoms with Crippen molar-refractivity contribution in [1.82, 2.24) is 4.57 Å². The molecule has 0 bridgehead atoms. The number of rotatable bonds is 10. The van der Waals surface area contributed by atoms with Crippen LogP contribution in [0.15, 0.2) is 18.5 Å². The van der Waals surface area contributed by atoms with E-state index in [1.165, 1.54) is 44.9 Å². The van der Waals surface area contributed by atoms with Gasteiger partial charge in [0, 0.05) is 30.9 Å². The Balaban J connectivity index is 2.12. The molecule has 0 N–H and O–H groups in total. The van der Waals surface area contributed by atoms with E-state index in [1.54, 1.807) is 0 Å². The first-order valence-electron chi connectivity index (χ1n) is 7.47. The molecule has 1 heterocycles. The summed E-state index contributed by atoms with van der Waals surface area (Å²) in [6, 6.07) is 1.94. The molecule has 1 aromatic rings. The molecule has 102 valence electrons. The normalized spacial score (nSPS) is 10.8. The van der Waals surface area contributed by atoms with Gasteiger partial charge >= 0.3 is 0 Å². The number of nitrogens with zero attached hydrogens (tertiary/aromatic N) is 1. The molecule has 0 amide bonds. The fourth-order valence-electron chi connectivity index (χ4n) is 2.20. The molecule has 2 nitrogen and oxygen atoms in total. The summed E-state index contributed by atoms with van der Waals surface area (Å²) < 4.78 is 2.15. The number of unbranched alkanes of at least 4 members (excludes halogenated alkanes) is 6. The van der Waals surface area contributed by atoms with Crippen molar-refractivity contribution in [3.63, 3.8) is 0 Å². The highest BCUT2D eigenvalue weighted by Crippen LogP contribution is 2.09. The highest BCUT2D eigenvalue weighted by atomic mass is 16.1. The molecule has 0 aromatic carbocycles. The Morgan fingerprint density at radius 1 is 1.06 bits per heavy atom. The average Bonchev–Trinajstić information content (AvgIpc) is 2.85. The van der Waals surface area contributed by atoms with Crippen molar-refractivity contribution < 1.29 is 4.79 Å². The summed E-state index contributed by atoms with van der Waals surface area (Å²) in [6.07, 6.45) is 13.9. The van der Waals surface area contributed by atoms with E-state index in [-0.39, 0.29) is 5.78 Å². The van der Waals surface area contributed by atoms with Crippen molar-refractivity contribution in [2.75, 3.05) is 0 Å². The van der Waals surface area contributed by atoms with Crippen molar-refractivity contribution >= 4 is 5.78 Å². The van der Waals surface area contributed by atoms with Gasteiger partial charge in [-0.3, -0.25) is 4.79 Å². The van der Waals surface area contributed by atoms with Crippen LogP contribution in [0, 0.1) is 0 Å². The van der Waals surface area contributed by atoms with Crippen LogP contribution in [-0.2, 0) is 6.54 Å². The number of hydrogen-bond acceptors (Lipinski definition) is 1. The summed E-state index contributed by atoms with van der Waals surface area (Å²) in [5.74, 6) is 0.244. The van der Waals surface area contributed by atoms with Gasteiger partial charge in [-0.1, -0.05) is 52.4 Å². The van der Waals surface area contributed by atoms with E-state index in [4.69, 9.17) is 0 Å².